The summed E-state index contributed by atoms with van der Waals surface area (Å²) in [5.74, 6) is -0.477. The first kappa shape index (κ1) is 21.2. The second-order valence-corrected chi connectivity index (χ2v) is 7.18. The van der Waals surface area contributed by atoms with Crippen molar-refractivity contribution in [1.82, 2.24) is 10.2 Å². The summed E-state index contributed by atoms with van der Waals surface area (Å²) < 4.78 is 10.3. The van der Waals surface area contributed by atoms with Crippen LogP contribution in [0.25, 0.3) is 0 Å². The van der Waals surface area contributed by atoms with Crippen molar-refractivity contribution in [2.24, 2.45) is 5.73 Å². The molecule has 1 unspecified atom stereocenters. The second kappa shape index (κ2) is 8.14. The second-order valence-electron chi connectivity index (χ2n) is 7.18. The van der Waals surface area contributed by atoms with Gasteiger partial charge in [0.1, 0.15) is 11.2 Å². The maximum atomic E-state index is 12.3. The Kier molecular flexibility index (Phi) is 7.50. The van der Waals surface area contributed by atoms with Gasteiger partial charge in [-0.2, -0.15) is 0 Å². The molecule has 4 N–H and O–H groups in total. The number of hydrogen-bond acceptors (Lipinski definition) is 6. The molecule has 0 spiro atoms. The summed E-state index contributed by atoms with van der Waals surface area (Å²) in [6, 6.07) is 0. The number of nitrogens with two attached hydrogens (primary N) is 1. The molecule has 8 nitrogen and oxygen atoms in total. The third kappa shape index (κ3) is 9.02. The topological polar surface area (TPSA) is 118 Å². The van der Waals surface area contributed by atoms with Gasteiger partial charge in [-0.15, -0.1) is 0 Å². The van der Waals surface area contributed by atoms with E-state index in [-0.39, 0.29) is 0 Å². The van der Waals surface area contributed by atoms with E-state index in [2.05, 4.69) is 5.32 Å². The van der Waals surface area contributed by atoms with E-state index in [0.29, 0.717) is 12.8 Å². The summed E-state index contributed by atoms with van der Waals surface area (Å²) in [5, 5.41) is 10.2. The molecular weight excluding hydrogens is 300 g/mol. The number of hydrogen-bond donors (Lipinski definition) is 3. The van der Waals surface area contributed by atoms with Crippen molar-refractivity contribution >= 4 is 18.1 Å². The molecule has 23 heavy (non-hydrogen) atoms. The Hall–Kier alpha value is -1.83. The molecule has 0 saturated carbocycles. The molecule has 0 aliphatic carbocycles. The van der Waals surface area contributed by atoms with E-state index in [1.165, 1.54) is 0 Å². The van der Waals surface area contributed by atoms with Crippen molar-refractivity contribution in [2.45, 2.75) is 78.7 Å². The molecule has 0 saturated heterocycles. The fourth-order valence-electron chi connectivity index (χ4n) is 1.59. The van der Waals surface area contributed by atoms with Gasteiger partial charge in [0, 0.05) is 0 Å². The molecule has 8 heteroatoms. The summed E-state index contributed by atoms with van der Waals surface area (Å²) >= 11 is 0. The Morgan fingerprint density at radius 2 is 1.61 bits per heavy atom. The van der Waals surface area contributed by atoms with Crippen LogP contribution >= 0.6 is 0 Å². The first-order valence-electron chi connectivity index (χ1n) is 7.63. The van der Waals surface area contributed by atoms with Crippen LogP contribution in [0.5, 0.6) is 0 Å². The van der Waals surface area contributed by atoms with Crippen LogP contribution in [0.2, 0.25) is 0 Å². The van der Waals surface area contributed by atoms with Crippen LogP contribution in [0, 0.1) is 5.41 Å². The molecular formula is C15H30N4O4. The highest BCUT2D eigenvalue weighted by Gasteiger charge is 2.31. The maximum Gasteiger partial charge on any atom is 0.418 e. The summed E-state index contributed by atoms with van der Waals surface area (Å²) in [6.45, 7) is 12.1. The Balaban J connectivity index is 5.09. The lowest BCUT2D eigenvalue weighted by atomic mass is 10.2. The van der Waals surface area contributed by atoms with Crippen LogP contribution in [0.1, 0.15) is 61.3 Å². The lowest BCUT2D eigenvalue weighted by Crippen LogP contribution is -2.56. The van der Waals surface area contributed by atoms with Gasteiger partial charge in [-0.3, -0.25) is 10.7 Å². The number of carbonyl (C=O) groups excluding carboxylic acids is 2. The molecule has 0 radical (unpaired) electrons. The Bertz CT molecular complexity index is 438. The average Bonchev–Trinajstić information content (AvgIpc) is 2.22. The molecule has 0 aliphatic heterocycles. The predicted octanol–water partition coefficient (Wildman–Crippen LogP) is 2.77. The number of carbonyl (C=O) groups is 2. The van der Waals surface area contributed by atoms with Crippen LogP contribution in [-0.2, 0) is 9.47 Å². The highest BCUT2D eigenvalue weighted by Crippen LogP contribution is 2.13. The summed E-state index contributed by atoms with van der Waals surface area (Å²) in [6.07, 6.45) is -1.24. The molecule has 0 fully saturated rings. The van der Waals surface area contributed by atoms with Gasteiger partial charge in [0.15, 0.2) is 0 Å². The van der Waals surface area contributed by atoms with E-state index in [1.54, 1.807) is 41.5 Å². The van der Waals surface area contributed by atoms with Crippen molar-refractivity contribution < 1.29 is 19.1 Å². The average molecular weight is 330 g/mol. The zero-order chi connectivity index (χ0) is 18.4. The first-order chi connectivity index (χ1) is 10.3. The number of nitrogens with zero attached hydrogens (tertiary/aromatic N) is 1. The minimum atomic E-state index is -0.834. The highest BCUT2D eigenvalue weighted by atomic mass is 16.6. The molecule has 0 aromatic rings. The lowest BCUT2D eigenvalue weighted by molar-refractivity contribution is 0.0295. The van der Waals surface area contributed by atoms with Crippen molar-refractivity contribution in [3.05, 3.63) is 0 Å². The third-order valence-electron chi connectivity index (χ3n) is 2.37. The van der Waals surface area contributed by atoms with E-state index >= 15 is 0 Å². The van der Waals surface area contributed by atoms with Crippen molar-refractivity contribution in [2.75, 3.05) is 0 Å². The SMILES string of the molecule is CCCC(N)N(C(=N)NC(=O)OC(C)(C)C)C(=O)OC(C)(C)C. The van der Waals surface area contributed by atoms with Gasteiger partial charge in [0.2, 0.25) is 5.96 Å². The molecule has 134 valence electrons. The Labute approximate surface area is 138 Å². The van der Waals surface area contributed by atoms with Gasteiger partial charge >= 0.3 is 12.2 Å². The van der Waals surface area contributed by atoms with Gasteiger partial charge < -0.3 is 15.2 Å². The Morgan fingerprint density at radius 3 is 2.00 bits per heavy atom. The molecule has 0 aromatic heterocycles. The van der Waals surface area contributed by atoms with Crippen LogP contribution in [0.4, 0.5) is 9.59 Å². The van der Waals surface area contributed by atoms with E-state index in [4.69, 9.17) is 20.6 Å². The van der Waals surface area contributed by atoms with E-state index in [1.807, 2.05) is 6.92 Å². The van der Waals surface area contributed by atoms with E-state index < -0.39 is 35.5 Å². The third-order valence-corrected chi connectivity index (χ3v) is 2.37. The van der Waals surface area contributed by atoms with Gasteiger partial charge in [-0.05, 0) is 48.0 Å². The summed E-state index contributed by atoms with van der Waals surface area (Å²) in [5.41, 5.74) is 4.49. The zero-order valence-corrected chi connectivity index (χ0v) is 15.1. The molecule has 2 amide bonds. The minimum Gasteiger partial charge on any atom is -0.444 e. The van der Waals surface area contributed by atoms with Gasteiger partial charge in [-0.1, -0.05) is 13.3 Å². The normalized spacial score (nSPS) is 13.0. The number of alkyl carbamates (subject to hydrolysis) is 1. The first-order valence-corrected chi connectivity index (χ1v) is 7.63. The highest BCUT2D eigenvalue weighted by molar-refractivity contribution is 6.00. The number of nitrogens with one attached hydrogen (secondary N) is 2. The monoisotopic (exact) mass is 330 g/mol. The van der Waals surface area contributed by atoms with Crippen LogP contribution in [0.15, 0.2) is 0 Å². The largest absolute Gasteiger partial charge is 0.444 e. The molecule has 0 heterocycles. The fourth-order valence-corrected chi connectivity index (χ4v) is 1.59. The number of amides is 2. The van der Waals surface area contributed by atoms with Gasteiger partial charge in [0.25, 0.3) is 0 Å². The predicted molar refractivity (Wildman–Crippen MR) is 88.1 cm³/mol. The molecule has 0 aliphatic rings. The zero-order valence-electron chi connectivity index (χ0n) is 15.1. The van der Waals surface area contributed by atoms with E-state index in [0.717, 1.165) is 4.90 Å². The van der Waals surface area contributed by atoms with Gasteiger partial charge in [-0.25, -0.2) is 14.5 Å². The number of guanidine groups is 1. The number of rotatable bonds is 3. The molecule has 0 rings (SSSR count). The fraction of sp³-hybridized carbons (Fsp3) is 0.800. The van der Waals surface area contributed by atoms with Crippen LogP contribution in [0.3, 0.4) is 0 Å². The Morgan fingerprint density at radius 1 is 1.13 bits per heavy atom. The summed E-state index contributed by atoms with van der Waals surface area (Å²) in [7, 11) is 0. The molecule has 0 aromatic carbocycles. The van der Waals surface area contributed by atoms with Crippen molar-refractivity contribution in [3.8, 4) is 0 Å². The molecule has 0 bridgehead atoms. The van der Waals surface area contributed by atoms with E-state index in [9.17, 15) is 9.59 Å². The van der Waals surface area contributed by atoms with Crippen molar-refractivity contribution in [1.29, 1.82) is 5.41 Å². The standard InChI is InChI=1S/C15H30N4O4/c1-8-9-10(16)19(13(21)23-15(5,6)7)11(17)18-12(20)22-14(2,3)4/h10H,8-9,16H2,1-7H3,(H2,17,18,20). The van der Waals surface area contributed by atoms with Crippen LogP contribution < -0.4 is 11.1 Å². The van der Waals surface area contributed by atoms with Gasteiger partial charge in [0.05, 0.1) is 6.17 Å². The minimum absolute atomic E-state index is 0.456. The van der Waals surface area contributed by atoms with Crippen LogP contribution in [-0.4, -0.2) is 40.4 Å². The van der Waals surface area contributed by atoms with Crippen molar-refractivity contribution in [3.63, 3.8) is 0 Å². The quantitative estimate of drug-likeness (QED) is 0.418. The number of ether oxygens (including phenoxy) is 2. The lowest BCUT2D eigenvalue weighted by Gasteiger charge is -2.31. The molecule has 1 atom stereocenters. The maximum absolute atomic E-state index is 12.3. The summed E-state index contributed by atoms with van der Waals surface area (Å²) in [4.78, 5) is 25.0. The smallest absolute Gasteiger partial charge is 0.418 e.